The van der Waals surface area contributed by atoms with E-state index in [9.17, 15) is 8.42 Å². The predicted octanol–water partition coefficient (Wildman–Crippen LogP) is 2.14. The van der Waals surface area contributed by atoms with Gasteiger partial charge in [-0.2, -0.15) is 0 Å². The summed E-state index contributed by atoms with van der Waals surface area (Å²) in [6, 6.07) is 0.184. The summed E-state index contributed by atoms with van der Waals surface area (Å²) in [7, 11) is -3.01. The van der Waals surface area contributed by atoms with Gasteiger partial charge >= 0.3 is 0 Å². The van der Waals surface area contributed by atoms with Crippen LogP contribution in [0.2, 0.25) is 0 Å². The average Bonchev–Trinajstić information content (AvgIpc) is 2.05. The summed E-state index contributed by atoms with van der Waals surface area (Å²) in [5.41, 5.74) is 0. The fraction of sp³-hybridized carbons (Fsp3) is 1.00. The van der Waals surface area contributed by atoms with Crippen LogP contribution in [-0.2, 0) is 10.0 Å². The van der Waals surface area contributed by atoms with Crippen LogP contribution in [0.4, 0.5) is 0 Å². The van der Waals surface area contributed by atoms with Crippen molar-refractivity contribution in [2.24, 2.45) is 11.8 Å². The molecule has 0 heterocycles. The second-order valence-electron chi connectivity index (χ2n) is 5.24. The lowest BCUT2D eigenvalue weighted by Crippen LogP contribution is -2.37. The molecular formula is C11H23NO2S. The van der Waals surface area contributed by atoms with Gasteiger partial charge in [0.2, 0.25) is 10.0 Å². The highest BCUT2D eigenvalue weighted by Gasteiger charge is 2.23. The molecule has 0 radical (unpaired) electrons. The van der Waals surface area contributed by atoms with E-state index in [2.05, 4.69) is 18.6 Å². The molecule has 0 amide bonds. The Balaban J connectivity index is 2.30. The zero-order valence-electron chi connectivity index (χ0n) is 9.99. The zero-order chi connectivity index (χ0) is 11.5. The van der Waals surface area contributed by atoms with Crippen LogP contribution in [0.1, 0.15) is 46.0 Å². The smallest absolute Gasteiger partial charge is 0.208 e. The van der Waals surface area contributed by atoms with E-state index in [1.165, 1.54) is 25.5 Å². The van der Waals surface area contributed by atoms with Crippen LogP contribution in [-0.4, -0.2) is 20.7 Å². The second kappa shape index (κ2) is 5.30. The summed E-state index contributed by atoms with van der Waals surface area (Å²) in [5.74, 6) is 1.57. The minimum absolute atomic E-state index is 0.184. The van der Waals surface area contributed by atoms with Crippen molar-refractivity contribution in [2.75, 3.05) is 6.26 Å². The van der Waals surface area contributed by atoms with Gasteiger partial charge in [0.1, 0.15) is 0 Å². The Labute approximate surface area is 93.7 Å². The van der Waals surface area contributed by atoms with Crippen molar-refractivity contribution in [3.8, 4) is 0 Å². The van der Waals surface area contributed by atoms with Gasteiger partial charge < -0.3 is 0 Å². The summed E-state index contributed by atoms with van der Waals surface area (Å²) in [6.45, 7) is 4.50. The van der Waals surface area contributed by atoms with Gasteiger partial charge in [-0.25, -0.2) is 13.1 Å². The van der Waals surface area contributed by atoms with E-state index in [0.717, 1.165) is 24.7 Å². The third-order valence-electron chi connectivity index (χ3n) is 3.03. The van der Waals surface area contributed by atoms with Crippen LogP contribution in [0, 0.1) is 11.8 Å². The van der Waals surface area contributed by atoms with Crippen molar-refractivity contribution in [1.29, 1.82) is 0 Å². The lowest BCUT2D eigenvalue weighted by molar-refractivity contribution is 0.274. The van der Waals surface area contributed by atoms with Crippen molar-refractivity contribution in [1.82, 2.24) is 4.72 Å². The first kappa shape index (κ1) is 13.0. The quantitative estimate of drug-likeness (QED) is 0.808. The molecule has 4 heteroatoms. The molecule has 90 valence electrons. The Bertz CT molecular complexity index is 277. The van der Waals surface area contributed by atoms with Crippen LogP contribution < -0.4 is 4.72 Å². The Morgan fingerprint density at radius 2 is 1.73 bits per heavy atom. The molecule has 15 heavy (non-hydrogen) atoms. The monoisotopic (exact) mass is 233 g/mol. The van der Waals surface area contributed by atoms with Crippen LogP contribution in [0.15, 0.2) is 0 Å². The van der Waals surface area contributed by atoms with Crippen LogP contribution in [0.25, 0.3) is 0 Å². The van der Waals surface area contributed by atoms with Crippen LogP contribution in [0.5, 0.6) is 0 Å². The van der Waals surface area contributed by atoms with Gasteiger partial charge in [-0.1, -0.05) is 13.8 Å². The maximum absolute atomic E-state index is 11.0. The van der Waals surface area contributed by atoms with Crippen molar-refractivity contribution in [3.63, 3.8) is 0 Å². The summed E-state index contributed by atoms with van der Waals surface area (Å²) in [4.78, 5) is 0. The van der Waals surface area contributed by atoms with Crippen LogP contribution >= 0.6 is 0 Å². The topological polar surface area (TPSA) is 46.2 Å². The Hall–Kier alpha value is -0.0900. The summed E-state index contributed by atoms with van der Waals surface area (Å²) in [5, 5.41) is 0. The van der Waals surface area contributed by atoms with Crippen molar-refractivity contribution in [2.45, 2.75) is 52.0 Å². The van der Waals surface area contributed by atoms with Crippen molar-refractivity contribution >= 4 is 10.0 Å². The lowest BCUT2D eigenvalue weighted by Gasteiger charge is -2.29. The summed E-state index contributed by atoms with van der Waals surface area (Å²) >= 11 is 0. The molecule has 0 unspecified atom stereocenters. The van der Waals surface area contributed by atoms with Gasteiger partial charge in [-0.3, -0.25) is 0 Å². The number of sulfonamides is 1. The first-order valence-corrected chi connectivity index (χ1v) is 7.73. The minimum atomic E-state index is -3.01. The molecule has 0 aromatic rings. The summed E-state index contributed by atoms with van der Waals surface area (Å²) in [6.07, 6.45) is 6.88. The Morgan fingerprint density at radius 1 is 1.20 bits per heavy atom. The maximum Gasteiger partial charge on any atom is 0.208 e. The fourth-order valence-electron chi connectivity index (χ4n) is 2.49. The molecule has 0 saturated heterocycles. The third kappa shape index (κ3) is 5.52. The van der Waals surface area contributed by atoms with E-state index in [4.69, 9.17) is 0 Å². The van der Waals surface area contributed by atoms with Crippen LogP contribution in [0.3, 0.4) is 0 Å². The molecule has 1 N–H and O–H groups in total. The molecule has 3 nitrogen and oxygen atoms in total. The molecule has 0 atom stereocenters. The number of nitrogens with one attached hydrogen (secondary N) is 1. The van der Waals surface area contributed by atoms with Gasteiger partial charge in [-0.15, -0.1) is 0 Å². The fourth-order valence-corrected chi connectivity index (χ4v) is 3.33. The van der Waals surface area contributed by atoms with Gasteiger partial charge in [0.05, 0.1) is 6.26 Å². The highest BCUT2D eigenvalue weighted by atomic mass is 32.2. The Morgan fingerprint density at radius 3 is 2.13 bits per heavy atom. The SMILES string of the molecule is CC(C)C[C@H]1CC[C@H](NS(C)(=O)=O)CC1. The second-order valence-corrected chi connectivity index (χ2v) is 7.02. The molecule has 1 saturated carbocycles. The minimum Gasteiger partial charge on any atom is -0.213 e. The van der Waals surface area contributed by atoms with E-state index in [-0.39, 0.29) is 6.04 Å². The number of rotatable bonds is 4. The van der Waals surface area contributed by atoms with E-state index in [0.29, 0.717) is 0 Å². The zero-order valence-corrected chi connectivity index (χ0v) is 10.8. The lowest BCUT2D eigenvalue weighted by atomic mass is 9.82. The molecule has 1 fully saturated rings. The third-order valence-corrected chi connectivity index (χ3v) is 3.79. The molecule has 1 aliphatic rings. The van der Waals surface area contributed by atoms with E-state index >= 15 is 0 Å². The predicted molar refractivity (Wildman–Crippen MR) is 63.2 cm³/mol. The van der Waals surface area contributed by atoms with E-state index in [1.54, 1.807) is 0 Å². The first-order valence-electron chi connectivity index (χ1n) is 5.84. The molecule has 0 aromatic heterocycles. The van der Waals surface area contributed by atoms with Gasteiger partial charge in [0.25, 0.3) is 0 Å². The van der Waals surface area contributed by atoms with E-state index in [1.807, 2.05) is 0 Å². The maximum atomic E-state index is 11.0. The highest BCUT2D eigenvalue weighted by Crippen LogP contribution is 2.29. The molecule has 1 aliphatic carbocycles. The average molecular weight is 233 g/mol. The van der Waals surface area contributed by atoms with E-state index < -0.39 is 10.0 Å². The van der Waals surface area contributed by atoms with Gasteiger partial charge in [0, 0.05) is 6.04 Å². The largest absolute Gasteiger partial charge is 0.213 e. The van der Waals surface area contributed by atoms with Crippen molar-refractivity contribution < 1.29 is 8.42 Å². The molecule has 0 spiro atoms. The molecule has 0 aliphatic heterocycles. The Kier molecular flexibility index (Phi) is 4.59. The molecule has 0 aromatic carbocycles. The molecule has 1 rings (SSSR count). The van der Waals surface area contributed by atoms with Crippen molar-refractivity contribution in [3.05, 3.63) is 0 Å². The first-order chi connectivity index (χ1) is 6.87. The van der Waals surface area contributed by atoms with Gasteiger partial charge in [0.15, 0.2) is 0 Å². The standard InChI is InChI=1S/C11H23NO2S/c1-9(2)8-10-4-6-11(7-5-10)12-15(3,13)14/h9-12H,4-8H2,1-3H3/t10-,11-. The highest BCUT2D eigenvalue weighted by molar-refractivity contribution is 7.88. The van der Waals surface area contributed by atoms with Gasteiger partial charge in [-0.05, 0) is 43.9 Å². The normalized spacial score (nSPS) is 28.3. The number of hydrogen-bond donors (Lipinski definition) is 1. The molecular weight excluding hydrogens is 210 g/mol. The molecule has 0 bridgehead atoms. The summed E-state index contributed by atoms with van der Waals surface area (Å²) < 4.78 is 24.8. The number of hydrogen-bond acceptors (Lipinski definition) is 2.